The number of rotatable bonds is 8. The molecule has 0 bridgehead atoms. The first-order valence-corrected chi connectivity index (χ1v) is 13.5. The average molecular weight is 459 g/mol. The second-order valence-corrected chi connectivity index (χ2v) is 14.1. The summed E-state index contributed by atoms with van der Waals surface area (Å²) in [5, 5.41) is 0.339. The Morgan fingerprint density at radius 1 is 1.27 bits per heavy atom. The van der Waals surface area contributed by atoms with Crippen molar-refractivity contribution in [3.05, 3.63) is 45.5 Å². The van der Waals surface area contributed by atoms with Crippen molar-refractivity contribution in [3.8, 4) is 11.3 Å². The molecule has 0 unspecified atom stereocenters. The van der Waals surface area contributed by atoms with Gasteiger partial charge in [-0.15, -0.1) is 0 Å². The van der Waals surface area contributed by atoms with Gasteiger partial charge in [0.05, 0.1) is 17.9 Å². The van der Waals surface area contributed by atoms with Gasteiger partial charge in [-0.25, -0.2) is 4.79 Å². The summed E-state index contributed by atoms with van der Waals surface area (Å²) in [6, 6.07) is 10.7. The second kappa shape index (κ2) is 9.22. The summed E-state index contributed by atoms with van der Waals surface area (Å²) in [5.41, 5.74) is 2.13. The first kappa shape index (κ1) is 21.2. The molecule has 1 heterocycles. The zero-order chi connectivity index (χ0) is 19.3. The van der Waals surface area contributed by atoms with Crippen LogP contribution in [0.4, 0.5) is 0 Å². The third kappa shape index (κ3) is 5.71. The molecule has 0 atom stereocenters. The highest BCUT2D eigenvalue weighted by Crippen LogP contribution is 2.31. The first-order chi connectivity index (χ1) is 12.2. The van der Waals surface area contributed by atoms with Crippen LogP contribution < -0.4 is 0 Å². The molecule has 0 aliphatic rings. The van der Waals surface area contributed by atoms with E-state index >= 15 is 0 Å². The van der Waals surface area contributed by atoms with Crippen molar-refractivity contribution in [2.45, 2.75) is 39.3 Å². The molecule has 0 fully saturated rings. The van der Waals surface area contributed by atoms with E-state index in [0.717, 1.165) is 21.8 Å². The van der Waals surface area contributed by atoms with Gasteiger partial charge in [-0.1, -0.05) is 59.3 Å². The summed E-state index contributed by atoms with van der Waals surface area (Å²) in [4.78, 5) is 12.2. The topological polar surface area (TPSA) is 40.5 Å². The summed E-state index contributed by atoms with van der Waals surface area (Å²) in [6.07, 6.45) is 0. The molecule has 26 heavy (non-hydrogen) atoms. The smallest absolute Gasteiger partial charge is 0.341 e. The molecule has 0 radical (unpaired) electrons. The van der Waals surface area contributed by atoms with Gasteiger partial charge in [-0.3, -0.25) is 0 Å². The third-order valence-electron chi connectivity index (χ3n) is 3.86. The van der Waals surface area contributed by atoms with Crippen LogP contribution in [0, 0.1) is 0 Å². The third-order valence-corrected chi connectivity index (χ3v) is 6.47. The summed E-state index contributed by atoms with van der Waals surface area (Å²) in [6.45, 7) is 9.98. The molecule has 0 spiro atoms. The number of ether oxygens (including phenoxy) is 2. The summed E-state index contributed by atoms with van der Waals surface area (Å²) >= 11 is 9.99. The Bertz CT molecular complexity index is 771. The van der Waals surface area contributed by atoms with Crippen LogP contribution in [-0.2, 0) is 16.2 Å². The van der Waals surface area contributed by atoms with E-state index in [2.05, 4.69) is 35.6 Å². The Balaban J connectivity index is 2.32. The summed E-state index contributed by atoms with van der Waals surface area (Å²) < 4.78 is 13.8. The monoisotopic (exact) mass is 457 g/mol. The predicted octanol–water partition coefficient (Wildman–Crippen LogP) is 6.06. The van der Waals surface area contributed by atoms with Gasteiger partial charge in [-0.05, 0) is 36.7 Å². The van der Waals surface area contributed by atoms with Crippen LogP contribution in [0.25, 0.3) is 11.3 Å². The van der Waals surface area contributed by atoms with E-state index in [1.165, 1.54) is 0 Å². The van der Waals surface area contributed by atoms with Crippen molar-refractivity contribution < 1.29 is 14.3 Å². The van der Waals surface area contributed by atoms with Gasteiger partial charge in [0.15, 0.2) is 0 Å². The SMILES string of the molecule is CCOC(=O)c1cc(-c2cccc(Br)c2)n(COCC[Si](C)(C)C)c1Cl. The highest BCUT2D eigenvalue weighted by molar-refractivity contribution is 9.10. The molecule has 2 aromatic rings. The lowest BCUT2D eigenvalue weighted by atomic mass is 10.1. The van der Waals surface area contributed by atoms with Gasteiger partial charge in [0.2, 0.25) is 0 Å². The number of hydrogen-bond donors (Lipinski definition) is 0. The Labute approximate surface area is 169 Å². The van der Waals surface area contributed by atoms with Crippen LogP contribution in [-0.4, -0.2) is 31.8 Å². The standard InChI is InChI=1S/C19H25BrClNO3Si/c1-5-25-19(23)16-12-17(14-7-6-8-15(20)11-14)22(18(16)21)13-24-9-10-26(2,3)4/h6-8,11-12H,5,9-10,13H2,1-4H3. The highest BCUT2D eigenvalue weighted by Gasteiger charge is 2.21. The van der Waals surface area contributed by atoms with E-state index in [0.29, 0.717) is 30.7 Å². The number of benzene rings is 1. The largest absolute Gasteiger partial charge is 0.462 e. The first-order valence-electron chi connectivity index (χ1n) is 8.63. The molecule has 1 aromatic heterocycles. The van der Waals surface area contributed by atoms with E-state index in [-0.39, 0.29) is 0 Å². The Morgan fingerprint density at radius 3 is 2.62 bits per heavy atom. The van der Waals surface area contributed by atoms with Crippen LogP contribution in [0.15, 0.2) is 34.8 Å². The quantitative estimate of drug-likeness (QED) is 0.274. The number of carbonyl (C=O) groups is 1. The molecule has 0 amide bonds. The van der Waals surface area contributed by atoms with Gasteiger partial charge in [-0.2, -0.15) is 0 Å². The normalized spacial score (nSPS) is 11.6. The minimum Gasteiger partial charge on any atom is -0.462 e. The van der Waals surface area contributed by atoms with Crippen molar-refractivity contribution >= 4 is 41.6 Å². The van der Waals surface area contributed by atoms with Crippen LogP contribution in [0.5, 0.6) is 0 Å². The fourth-order valence-electron chi connectivity index (χ4n) is 2.42. The Kier molecular flexibility index (Phi) is 7.52. The lowest BCUT2D eigenvalue weighted by Crippen LogP contribution is -2.22. The summed E-state index contributed by atoms with van der Waals surface area (Å²) in [7, 11) is -1.16. The lowest BCUT2D eigenvalue weighted by molar-refractivity contribution is 0.0525. The molecule has 0 saturated heterocycles. The van der Waals surface area contributed by atoms with E-state index in [1.54, 1.807) is 13.0 Å². The number of nitrogens with zero attached hydrogens (tertiary/aromatic N) is 1. The minimum atomic E-state index is -1.16. The predicted molar refractivity (Wildman–Crippen MR) is 113 cm³/mol. The van der Waals surface area contributed by atoms with E-state index in [9.17, 15) is 4.79 Å². The minimum absolute atomic E-state index is 0.296. The molecule has 4 nitrogen and oxygen atoms in total. The van der Waals surface area contributed by atoms with Crippen molar-refractivity contribution in [1.29, 1.82) is 0 Å². The maximum atomic E-state index is 12.2. The molecule has 142 valence electrons. The molecule has 1 aromatic carbocycles. The van der Waals surface area contributed by atoms with Crippen molar-refractivity contribution in [2.24, 2.45) is 0 Å². The number of hydrogen-bond acceptors (Lipinski definition) is 3. The van der Waals surface area contributed by atoms with Crippen LogP contribution >= 0.6 is 27.5 Å². The molecule has 0 aliphatic carbocycles. The molecular weight excluding hydrogens is 434 g/mol. The summed E-state index contributed by atoms with van der Waals surface area (Å²) in [5.74, 6) is -0.422. The van der Waals surface area contributed by atoms with Gasteiger partial charge >= 0.3 is 5.97 Å². The van der Waals surface area contributed by atoms with Gasteiger partial charge in [0.25, 0.3) is 0 Å². The van der Waals surface area contributed by atoms with Gasteiger partial charge in [0, 0.05) is 19.2 Å². The number of halogens is 2. The van der Waals surface area contributed by atoms with Crippen molar-refractivity contribution in [3.63, 3.8) is 0 Å². The maximum Gasteiger partial charge on any atom is 0.341 e. The Hall–Kier alpha value is -1.08. The molecular formula is C19H25BrClNO3Si. The zero-order valence-corrected chi connectivity index (χ0v) is 19.0. The Morgan fingerprint density at radius 2 is 2.00 bits per heavy atom. The average Bonchev–Trinajstić information content (AvgIpc) is 2.88. The van der Waals surface area contributed by atoms with Crippen molar-refractivity contribution in [1.82, 2.24) is 4.57 Å². The van der Waals surface area contributed by atoms with E-state index in [4.69, 9.17) is 21.1 Å². The second-order valence-electron chi connectivity index (χ2n) is 7.24. The van der Waals surface area contributed by atoms with Crippen molar-refractivity contribution in [2.75, 3.05) is 13.2 Å². The number of esters is 1. The van der Waals surface area contributed by atoms with Gasteiger partial charge < -0.3 is 14.0 Å². The zero-order valence-electron chi connectivity index (χ0n) is 15.6. The van der Waals surface area contributed by atoms with E-state index in [1.807, 2.05) is 28.8 Å². The van der Waals surface area contributed by atoms with Crippen LogP contribution in [0.1, 0.15) is 17.3 Å². The maximum absolute atomic E-state index is 12.2. The fraction of sp³-hybridized carbons (Fsp3) is 0.421. The lowest BCUT2D eigenvalue weighted by Gasteiger charge is -2.17. The van der Waals surface area contributed by atoms with Gasteiger partial charge in [0.1, 0.15) is 11.9 Å². The van der Waals surface area contributed by atoms with E-state index < -0.39 is 14.0 Å². The highest BCUT2D eigenvalue weighted by atomic mass is 79.9. The molecule has 0 aliphatic heterocycles. The van der Waals surface area contributed by atoms with Crippen LogP contribution in [0.2, 0.25) is 30.8 Å². The molecule has 2 rings (SSSR count). The molecule has 0 N–H and O–H groups in total. The molecule has 0 saturated carbocycles. The number of carbonyl (C=O) groups excluding carboxylic acids is 1. The fourth-order valence-corrected chi connectivity index (χ4v) is 3.85. The van der Waals surface area contributed by atoms with Crippen LogP contribution in [0.3, 0.4) is 0 Å². The molecule has 7 heteroatoms. The number of aromatic nitrogens is 1.